The van der Waals surface area contributed by atoms with Crippen molar-refractivity contribution in [3.05, 3.63) is 59.9 Å². The van der Waals surface area contributed by atoms with Gasteiger partial charge in [0.05, 0.1) is 6.10 Å². The predicted octanol–water partition coefficient (Wildman–Crippen LogP) is 2.39. The van der Waals surface area contributed by atoms with Gasteiger partial charge in [-0.25, -0.2) is 0 Å². The van der Waals surface area contributed by atoms with Crippen LogP contribution in [-0.4, -0.2) is 16.0 Å². The Morgan fingerprint density at radius 3 is 2.78 bits per heavy atom. The van der Waals surface area contributed by atoms with Crippen LogP contribution in [0.5, 0.6) is 0 Å². The number of hydrogen-bond donors (Lipinski definition) is 2. The van der Waals surface area contributed by atoms with E-state index < -0.39 is 6.10 Å². The Morgan fingerprint density at radius 2 is 2.11 bits per heavy atom. The van der Waals surface area contributed by atoms with Crippen LogP contribution in [0.25, 0.3) is 0 Å². The highest BCUT2D eigenvalue weighted by atomic mass is 16.3. The summed E-state index contributed by atoms with van der Waals surface area (Å²) < 4.78 is 0. The summed E-state index contributed by atoms with van der Waals surface area (Å²) >= 11 is 0. The number of carbonyl (C=O) groups excluding carboxylic acids is 1. The molecule has 1 amide bonds. The summed E-state index contributed by atoms with van der Waals surface area (Å²) in [6.45, 7) is 1.68. The second-order valence-corrected chi connectivity index (χ2v) is 3.97. The SMILES string of the molecule is CC(O)c1cccc(NC(=O)c2ccccn2)c1. The molecule has 2 aromatic rings. The van der Waals surface area contributed by atoms with Gasteiger partial charge >= 0.3 is 0 Å². The fraction of sp³-hybridized carbons (Fsp3) is 0.143. The van der Waals surface area contributed by atoms with Crippen molar-refractivity contribution in [1.29, 1.82) is 0 Å². The van der Waals surface area contributed by atoms with Crippen LogP contribution in [-0.2, 0) is 0 Å². The van der Waals surface area contributed by atoms with Gasteiger partial charge in [0.15, 0.2) is 0 Å². The number of benzene rings is 1. The fourth-order valence-electron chi connectivity index (χ4n) is 1.57. The largest absolute Gasteiger partial charge is 0.389 e. The highest BCUT2D eigenvalue weighted by Gasteiger charge is 2.07. The lowest BCUT2D eigenvalue weighted by Gasteiger charge is -2.08. The number of amides is 1. The molecule has 2 N–H and O–H groups in total. The molecule has 0 fully saturated rings. The van der Waals surface area contributed by atoms with Gasteiger partial charge in [0.2, 0.25) is 0 Å². The number of pyridine rings is 1. The maximum atomic E-state index is 11.9. The molecule has 1 aromatic carbocycles. The van der Waals surface area contributed by atoms with Crippen LogP contribution in [0.3, 0.4) is 0 Å². The minimum absolute atomic E-state index is 0.265. The Bertz CT molecular complexity index is 539. The molecule has 0 aliphatic heterocycles. The number of nitrogens with one attached hydrogen (secondary N) is 1. The lowest BCUT2D eigenvalue weighted by molar-refractivity contribution is 0.102. The smallest absolute Gasteiger partial charge is 0.274 e. The van der Waals surface area contributed by atoms with Gasteiger partial charge < -0.3 is 10.4 Å². The van der Waals surface area contributed by atoms with E-state index in [4.69, 9.17) is 0 Å². The van der Waals surface area contributed by atoms with Gasteiger partial charge in [-0.05, 0) is 36.8 Å². The average molecular weight is 242 g/mol. The lowest BCUT2D eigenvalue weighted by atomic mass is 10.1. The summed E-state index contributed by atoms with van der Waals surface area (Å²) in [6, 6.07) is 12.3. The van der Waals surface area contributed by atoms with Crippen molar-refractivity contribution in [1.82, 2.24) is 4.98 Å². The summed E-state index contributed by atoms with van der Waals surface area (Å²) in [6.07, 6.45) is 1.01. The molecule has 0 radical (unpaired) electrons. The summed E-state index contributed by atoms with van der Waals surface area (Å²) in [5.74, 6) is -0.265. The number of nitrogens with zero attached hydrogens (tertiary/aromatic N) is 1. The second-order valence-electron chi connectivity index (χ2n) is 3.97. The van der Waals surface area contributed by atoms with Gasteiger partial charge in [-0.3, -0.25) is 9.78 Å². The van der Waals surface area contributed by atoms with E-state index in [1.807, 2.05) is 0 Å². The number of rotatable bonds is 3. The number of carbonyl (C=O) groups is 1. The third-order valence-corrected chi connectivity index (χ3v) is 2.52. The molecule has 1 aromatic heterocycles. The van der Waals surface area contributed by atoms with Crippen molar-refractivity contribution in [3.8, 4) is 0 Å². The Hall–Kier alpha value is -2.20. The van der Waals surface area contributed by atoms with E-state index in [1.54, 1.807) is 55.6 Å². The lowest BCUT2D eigenvalue weighted by Crippen LogP contribution is -2.13. The van der Waals surface area contributed by atoms with Crippen molar-refractivity contribution in [2.45, 2.75) is 13.0 Å². The molecule has 92 valence electrons. The molecule has 0 bridgehead atoms. The van der Waals surface area contributed by atoms with E-state index in [0.29, 0.717) is 11.4 Å². The minimum atomic E-state index is -0.559. The van der Waals surface area contributed by atoms with Gasteiger partial charge in [0, 0.05) is 11.9 Å². The number of aromatic nitrogens is 1. The van der Waals surface area contributed by atoms with Crippen LogP contribution in [0.2, 0.25) is 0 Å². The third kappa shape index (κ3) is 2.93. The van der Waals surface area contributed by atoms with Gasteiger partial charge in [-0.15, -0.1) is 0 Å². The predicted molar refractivity (Wildman–Crippen MR) is 69.3 cm³/mol. The van der Waals surface area contributed by atoms with E-state index in [9.17, 15) is 9.90 Å². The summed E-state index contributed by atoms with van der Waals surface area (Å²) in [5.41, 5.74) is 1.76. The van der Waals surface area contributed by atoms with Crippen LogP contribution in [0, 0.1) is 0 Å². The molecule has 1 unspecified atom stereocenters. The quantitative estimate of drug-likeness (QED) is 0.868. The Kier molecular flexibility index (Phi) is 3.69. The molecule has 4 heteroatoms. The first kappa shape index (κ1) is 12.3. The summed E-state index contributed by atoms with van der Waals surface area (Å²) in [7, 11) is 0. The topological polar surface area (TPSA) is 62.2 Å². The summed E-state index contributed by atoms with van der Waals surface area (Å²) in [4.78, 5) is 15.8. The minimum Gasteiger partial charge on any atom is -0.389 e. The zero-order valence-electron chi connectivity index (χ0n) is 10.00. The van der Waals surface area contributed by atoms with Gasteiger partial charge in [0.1, 0.15) is 5.69 Å². The molecule has 0 saturated heterocycles. The van der Waals surface area contributed by atoms with Crippen molar-refractivity contribution >= 4 is 11.6 Å². The van der Waals surface area contributed by atoms with Crippen molar-refractivity contribution in [3.63, 3.8) is 0 Å². The van der Waals surface area contributed by atoms with Gasteiger partial charge in [0.25, 0.3) is 5.91 Å². The molecule has 1 atom stereocenters. The number of anilines is 1. The van der Waals surface area contributed by atoms with E-state index in [1.165, 1.54) is 0 Å². The van der Waals surface area contributed by atoms with Crippen molar-refractivity contribution in [2.75, 3.05) is 5.32 Å². The molecular formula is C14H14N2O2. The van der Waals surface area contributed by atoms with Gasteiger partial charge in [-0.1, -0.05) is 18.2 Å². The van der Waals surface area contributed by atoms with Crippen LogP contribution >= 0.6 is 0 Å². The maximum Gasteiger partial charge on any atom is 0.274 e. The molecule has 0 saturated carbocycles. The van der Waals surface area contributed by atoms with Crippen molar-refractivity contribution in [2.24, 2.45) is 0 Å². The van der Waals surface area contributed by atoms with E-state index >= 15 is 0 Å². The first-order chi connectivity index (χ1) is 8.66. The first-order valence-corrected chi connectivity index (χ1v) is 5.67. The highest BCUT2D eigenvalue weighted by Crippen LogP contribution is 2.17. The number of aliphatic hydroxyl groups is 1. The summed E-state index contributed by atoms with van der Waals surface area (Å²) in [5, 5.41) is 12.2. The zero-order chi connectivity index (χ0) is 13.0. The fourth-order valence-corrected chi connectivity index (χ4v) is 1.57. The zero-order valence-corrected chi connectivity index (χ0v) is 10.00. The molecule has 0 aliphatic carbocycles. The molecule has 0 aliphatic rings. The Balaban J connectivity index is 2.15. The van der Waals surface area contributed by atoms with Crippen LogP contribution in [0.4, 0.5) is 5.69 Å². The number of aliphatic hydroxyl groups excluding tert-OH is 1. The standard InChI is InChI=1S/C14H14N2O2/c1-10(17)11-5-4-6-12(9-11)16-14(18)13-7-2-3-8-15-13/h2-10,17H,1H3,(H,16,18). The Labute approximate surface area is 105 Å². The maximum absolute atomic E-state index is 11.9. The highest BCUT2D eigenvalue weighted by molar-refractivity contribution is 6.02. The normalized spacial score (nSPS) is 11.9. The molecular weight excluding hydrogens is 228 g/mol. The first-order valence-electron chi connectivity index (χ1n) is 5.67. The molecule has 18 heavy (non-hydrogen) atoms. The second kappa shape index (κ2) is 5.42. The van der Waals surface area contributed by atoms with Crippen LogP contribution < -0.4 is 5.32 Å². The molecule has 1 heterocycles. The van der Waals surface area contributed by atoms with Crippen LogP contribution in [0.15, 0.2) is 48.7 Å². The number of hydrogen-bond acceptors (Lipinski definition) is 3. The van der Waals surface area contributed by atoms with Gasteiger partial charge in [-0.2, -0.15) is 0 Å². The van der Waals surface area contributed by atoms with E-state index in [-0.39, 0.29) is 5.91 Å². The van der Waals surface area contributed by atoms with E-state index in [2.05, 4.69) is 10.3 Å². The monoisotopic (exact) mass is 242 g/mol. The molecule has 2 rings (SSSR count). The molecule has 4 nitrogen and oxygen atoms in total. The van der Waals surface area contributed by atoms with Crippen molar-refractivity contribution < 1.29 is 9.90 Å². The Morgan fingerprint density at radius 1 is 1.28 bits per heavy atom. The molecule has 0 spiro atoms. The van der Waals surface area contributed by atoms with E-state index in [0.717, 1.165) is 5.56 Å². The average Bonchev–Trinajstić information content (AvgIpc) is 2.40. The van der Waals surface area contributed by atoms with Crippen LogP contribution in [0.1, 0.15) is 29.1 Å². The third-order valence-electron chi connectivity index (χ3n) is 2.52.